The van der Waals surface area contributed by atoms with Crippen LogP contribution in [0.2, 0.25) is 0 Å². The van der Waals surface area contributed by atoms with Crippen LogP contribution in [0, 0.1) is 22.7 Å². The summed E-state index contributed by atoms with van der Waals surface area (Å²) in [6, 6.07) is 0. The first-order chi connectivity index (χ1) is 12.9. The Hall–Kier alpha value is -0.610. The average molecular weight is 378 g/mol. The summed E-state index contributed by atoms with van der Waals surface area (Å²) in [7, 11) is 0. The van der Waals surface area contributed by atoms with E-state index in [-0.39, 0.29) is 5.60 Å². The molecule has 2 saturated heterocycles. The highest BCUT2D eigenvalue weighted by atomic mass is 16.5. The number of carbonyl (C=O) groups is 1. The van der Waals surface area contributed by atoms with Crippen molar-refractivity contribution in [2.75, 3.05) is 32.9 Å². The highest BCUT2D eigenvalue weighted by Crippen LogP contribution is 2.64. The van der Waals surface area contributed by atoms with E-state index in [0.717, 1.165) is 57.9 Å². The first-order valence-electron chi connectivity index (χ1n) is 11.4. The number of rotatable bonds is 3. The number of carbonyl (C=O) groups excluding carboxylic acids is 1. The van der Waals surface area contributed by atoms with E-state index in [2.05, 4.69) is 25.7 Å². The molecule has 0 N–H and O–H groups in total. The molecule has 1 atom stereocenters. The molecule has 4 aliphatic rings. The van der Waals surface area contributed by atoms with Gasteiger partial charge in [-0.2, -0.15) is 0 Å². The maximum absolute atomic E-state index is 13.2. The Morgan fingerprint density at radius 3 is 2.41 bits per heavy atom. The van der Waals surface area contributed by atoms with Crippen LogP contribution < -0.4 is 0 Å². The SMILES string of the molecule is CCC(C)(C)C1CCC2(CC1)CC2C(=O)N1CCOC2(CCOCC2)CC1. The third-order valence-corrected chi connectivity index (χ3v) is 8.81. The molecule has 4 rings (SSSR count). The standard InChI is InChI=1S/C23H39NO3/c1-4-21(2,3)18-5-7-22(8-6-18)17-19(22)20(25)24-12-9-23(27-16-13-24)10-14-26-15-11-23/h18-19H,4-17H2,1-3H3. The van der Waals surface area contributed by atoms with Gasteiger partial charge < -0.3 is 14.4 Å². The molecule has 4 heteroatoms. The summed E-state index contributed by atoms with van der Waals surface area (Å²) >= 11 is 0. The smallest absolute Gasteiger partial charge is 0.226 e. The Morgan fingerprint density at radius 1 is 1.04 bits per heavy atom. The Balaban J connectivity index is 1.31. The van der Waals surface area contributed by atoms with Crippen LogP contribution in [-0.4, -0.2) is 49.3 Å². The second-order valence-electron chi connectivity index (χ2n) is 10.5. The van der Waals surface area contributed by atoms with Crippen molar-refractivity contribution in [1.29, 1.82) is 0 Å². The van der Waals surface area contributed by atoms with Gasteiger partial charge in [-0.15, -0.1) is 0 Å². The van der Waals surface area contributed by atoms with E-state index in [4.69, 9.17) is 9.47 Å². The number of hydrogen-bond donors (Lipinski definition) is 0. The van der Waals surface area contributed by atoms with Gasteiger partial charge in [0.2, 0.25) is 5.91 Å². The summed E-state index contributed by atoms with van der Waals surface area (Å²) in [5, 5.41) is 0. The molecule has 2 saturated carbocycles. The summed E-state index contributed by atoms with van der Waals surface area (Å²) in [6.45, 7) is 11.1. The molecule has 0 radical (unpaired) electrons. The van der Waals surface area contributed by atoms with Crippen molar-refractivity contribution in [3.8, 4) is 0 Å². The fourth-order valence-electron chi connectivity index (χ4n) is 5.99. The first kappa shape index (κ1) is 19.7. The predicted molar refractivity (Wildman–Crippen MR) is 107 cm³/mol. The molecule has 2 heterocycles. The van der Waals surface area contributed by atoms with Gasteiger partial charge in [0.05, 0.1) is 12.2 Å². The van der Waals surface area contributed by atoms with E-state index in [1.54, 1.807) is 0 Å². The van der Waals surface area contributed by atoms with E-state index in [9.17, 15) is 4.79 Å². The van der Waals surface area contributed by atoms with Crippen LogP contribution in [0.3, 0.4) is 0 Å². The molecule has 27 heavy (non-hydrogen) atoms. The zero-order chi connectivity index (χ0) is 19.1. The monoisotopic (exact) mass is 377 g/mol. The van der Waals surface area contributed by atoms with E-state index < -0.39 is 0 Å². The van der Waals surface area contributed by atoms with Crippen molar-refractivity contribution in [1.82, 2.24) is 4.90 Å². The summed E-state index contributed by atoms with van der Waals surface area (Å²) in [5.41, 5.74) is 0.773. The molecule has 2 aliphatic heterocycles. The van der Waals surface area contributed by atoms with Crippen LogP contribution in [0.15, 0.2) is 0 Å². The highest BCUT2D eigenvalue weighted by Gasteiger charge is 2.60. The van der Waals surface area contributed by atoms with Gasteiger partial charge in [-0.05, 0) is 68.1 Å². The van der Waals surface area contributed by atoms with Gasteiger partial charge in [-0.25, -0.2) is 0 Å². The van der Waals surface area contributed by atoms with E-state index >= 15 is 0 Å². The van der Waals surface area contributed by atoms with Crippen molar-refractivity contribution in [3.63, 3.8) is 0 Å². The molecule has 1 unspecified atom stereocenters. The summed E-state index contributed by atoms with van der Waals surface area (Å²) in [5.74, 6) is 1.56. The zero-order valence-electron chi connectivity index (χ0n) is 17.7. The molecule has 2 spiro atoms. The predicted octanol–water partition coefficient (Wildman–Crippen LogP) is 4.42. The van der Waals surface area contributed by atoms with Crippen LogP contribution in [0.4, 0.5) is 0 Å². The zero-order valence-corrected chi connectivity index (χ0v) is 17.7. The maximum Gasteiger partial charge on any atom is 0.226 e. The van der Waals surface area contributed by atoms with Gasteiger partial charge in [0, 0.05) is 32.2 Å². The Bertz CT molecular complexity index is 544. The fourth-order valence-corrected chi connectivity index (χ4v) is 5.99. The van der Waals surface area contributed by atoms with Crippen LogP contribution in [0.25, 0.3) is 0 Å². The molecule has 0 aromatic carbocycles. The number of hydrogen-bond acceptors (Lipinski definition) is 3. The van der Waals surface area contributed by atoms with Gasteiger partial charge in [0.25, 0.3) is 0 Å². The van der Waals surface area contributed by atoms with Gasteiger partial charge >= 0.3 is 0 Å². The van der Waals surface area contributed by atoms with Gasteiger partial charge in [-0.3, -0.25) is 4.79 Å². The molecule has 1 amide bonds. The van der Waals surface area contributed by atoms with Crippen molar-refractivity contribution in [2.45, 2.75) is 84.2 Å². The normalized spacial score (nSPS) is 36.6. The Kier molecular flexibility index (Phi) is 5.35. The maximum atomic E-state index is 13.2. The molecule has 4 fully saturated rings. The van der Waals surface area contributed by atoms with Crippen LogP contribution in [0.5, 0.6) is 0 Å². The lowest BCUT2D eigenvalue weighted by molar-refractivity contribution is -0.133. The molecule has 0 aromatic rings. The van der Waals surface area contributed by atoms with Crippen molar-refractivity contribution in [3.05, 3.63) is 0 Å². The molecular weight excluding hydrogens is 338 g/mol. The summed E-state index contributed by atoms with van der Waals surface area (Å²) < 4.78 is 11.8. The lowest BCUT2D eigenvalue weighted by atomic mass is 9.66. The Labute approximate surface area is 165 Å². The fraction of sp³-hybridized carbons (Fsp3) is 0.957. The van der Waals surface area contributed by atoms with Crippen molar-refractivity contribution >= 4 is 5.91 Å². The minimum Gasteiger partial charge on any atom is -0.381 e. The number of nitrogens with zero attached hydrogens (tertiary/aromatic N) is 1. The average Bonchev–Trinajstić information content (AvgIpc) is 3.41. The van der Waals surface area contributed by atoms with E-state index in [1.807, 2.05) is 0 Å². The first-order valence-corrected chi connectivity index (χ1v) is 11.4. The van der Waals surface area contributed by atoms with Gasteiger partial charge in [0.15, 0.2) is 0 Å². The van der Waals surface area contributed by atoms with Crippen molar-refractivity contribution in [2.24, 2.45) is 22.7 Å². The highest BCUT2D eigenvalue weighted by molar-refractivity contribution is 5.82. The molecule has 4 nitrogen and oxygen atoms in total. The van der Waals surface area contributed by atoms with E-state index in [0.29, 0.717) is 29.3 Å². The van der Waals surface area contributed by atoms with Crippen LogP contribution >= 0.6 is 0 Å². The molecular formula is C23H39NO3. The molecule has 0 aromatic heterocycles. The number of ether oxygens (including phenoxy) is 2. The molecule has 0 bridgehead atoms. The van der Waals surface area contributed by atoms with Crippen LogP contribution in [0.1, 0.15) is 78.6 Å². The minimum atomic E-state index is -0.0295. The van der Waals surface area contributed by atoms with E-state index in [1.165, 1.54) is 32.1 Å². The molecule has 2 aliphatic carbocycles. The lowest BCUT2D eigenvalue weighted by Gasteiger charge is -2.39. The van der Waals surface area contributed by atoms with Gasteiger partial charge in [-0.1, -0.05) is 27.2 Å². The minimum absolute atomic E-state index is 0.0295. The van der Waals surface area contributed by atoms with Crippen molar-refractivity contribution < 1.29 is 14.3 Å². The van der Waals surface area contributed by atoms with Crippen LogP contribution in [-0.2, 0) is 14.3 Å². The largest absolute Gasteiger partial charge is 0.381 e. The summed E-state index contributed by atoms with van der Waals surface area (Å²) in [6.07, 6.45) is 10.5. The third kappa shape index (κ3) is 3.81. The quantitative estimate of drug-likeness (QED) is 0.731. The molecule has 154 valence electrons. The third-order valence-electron chi connectivity index (χ3n) is 8.81. The summed E-state index contributed by atoms with van der Waals surface area (Å²) in [4.78, 5) is 15.4. The van der Waals surface area contributed by atoms with Gasteiger partial charge in [0.1, 0.15) is 0 Å². The topological polar surface area (TPSA) is 38.8 Å². The number of amides is 1. The second kappa shape index (κ2) is 7.33. The second-order valence-corrected chi connectivity index (χ2v) is 10.5. The Morgan fingerprint density at radius 2 is 1.74 bits per heavy atom. The lowest BCUT2D eigenvalue weighted by Crippen LogP contribution is -2.40.